The Morgan fingerprint density at radius 3 is 3.00 bits per heavy atom. The van der Waals surface area contributed by atoms with Gasteiger partial charge in [0.05, 0.1) is 18.2 Å². The lowest BCUT2D eigenvalue weighted by Crippen LogP contribution is -2.10. The van der Waals surface area contributed by atoms with Gasteiger partial charge in [0.2, 0.25) is 0 Å². The molecule has 6 heteroatoms. The zero-order valence-corrected chi connectivity index (χ0v) is 10.1. The van der Waals surface area contributed by atoms with Crippen molar-refractivity contribution < 1.29 is 0 Å². The summed E-state index contributed by atoms with van der Waals surface area (Å²) in [6.45, 7) is 1.64. The average Bonchev–Trinajstić information content (AvgIpc) is 3.01. The fraction of sp³-hybridized carbons (Fsp3) is 0.250. The van der Waals surface area contributed by atoms with Crippen LogP contribution in [-0.2, 0) is 13.6 Å². The van der Waals surface area contributed by atoms with Gasteiger partial charge in [0.25, 0.3) is 0 Å². The van der Waals surface area contributed by atoms with E-state index >= 15 is 0 Å². The van der Waals surface area contributed by atoms with Crippen LogP contribution in [0.4, 0.5) is 5.82 Å². The summed E-state index contributed by atoms with van der Waals surface area (Å²) in [4.78, 5) is 12.7. The van der Waals surface area contributed by atoms with Gasteiger partial charge in [-0.05, 0) is 6.07 Å². The summed E-state index contributed by atoms with van der Waals surface area (Å²) in [5.41, 5.74) is 1.99. The molecule has 3 heterocycles. The second-order valence-corrected chi connectivity index (χ2v) is 4.11. The molecule has 3 aromatic rings. The first-order chi connectivity index (χ1) is 8.84. The van der Waals surface area contributed by atoms with Crippen LogP contribution in [0, 0.1) is 0 Å². The maximum Gasteiger partial charge on any atom is 0.154 e. The number of nitrogens with one attached hydrogen (secondary N) is 1. The van der Waals surface area contributed by atoms with Crippen LogP contribution in [0.15, 0.2) is 37.3 Å². The second kappa shape index (κ2) is 4.48. The Labute approximate surface area is 104 Å². The van der Waals surface area contributed by atoms with Gasteiger partial charge in [0.1, 0.15) is 5.52 Å². The molecule has 0 fully saturated rings. The monoisotopic (exact) mass is 242 g/mol. The standard InChI is InChI=1S/C12H14N6/c1-17-9-16-11-10(17)2-3-14-12(11)15-5-7-18-6-4-13-8-18/h2-4,6,8-9H,5,7H2,1H3,(H,14,15). The van der Waals surface area contributed by atoms with Gasteiger partial charge in [-0.15, -0.1) is 0 Å². The van der Waals surface area contributed by atoms with Gasteiger partial charge >= 0.3 is 0 Å². The molecule has 0 aliphatic rings. The van der Waals surface area contributed by atoms with Crippen molar-refractivity contribution in [1.29, 1.82) is 0 Å². The smallest absolute Gasteiger partial charge is 0.154 e. The van der Waals surface area contributed by atoms with Crippen LogP contribution in [0.2, 0.25) is 0 Å². The predicted octanol–water partition coefficient (Wildman–Crippen LogP) is 1.28. The molecule has 3 rings (SSSR count). The van der Waals surface area contributed by atoms with Crippen LogP contribution in [0.25, 0.3) is 11.0 Å². The van der Waals surface area contributed by atoms with Crippen molar-refractivity contribution >= 4 is 16.9 Å². The summed E-state index contributed by atoms with van der Waals surface area (Å²) >= 11 is 0. The number of aryl methyl sites for hydroxylation is 1. The van der Waals surface area contributed by atoms with Crippen LogP contribution < -0.4 is 5.32 Å². The van der Waals surface area contributed by atoms with Crippen LogP contribution in [0.1, 0.15) is 0 Å². The van der Waals surface area contributed by atoms with E-state index in [1.165, 1.54) is 0 Å². The average molecular weight is 242 g/mol. The number of nitrogens with zero attached hydrogens (tertiary/aromatic N) is 5. The maximum absolute atomic E-state index is 4.35. The van der Waals surface area contributed by atoms with E-state index in [0.717, 1.165) is 29.9 Å². The van der Waals surface area contributed by atoms with Gasteiger partial charge in [0, 0.05) is 38.7 Å². The van der Waals surface area contributed by atoms with E-state index in [1.54, 1.807) is 25.0 Å². The third kappa shape index (κ3) is 1.92. The minimum absolute atomic E-state index is 0.791. The number of fused-ring (bicyclic) bond motifs is 1. The third-order valence-corrected chi connectivity index (χ3v) is 2.86. The Kier molecular flexibility index (Phi) is 2.68. The molecule has 0 atom stereocenters. The first-order valence-electron chi connectivity index (χ1n) is 5.80. The van der Waals surface area contributed by atoms with Crippen molar-refractivity contribution in [3.8, 4) is 0 Å². The zero-order chi connectivity index (χ0) is 12.4. The molecule has 0 amide bonds. The Bertz CT molecular complexity index is 640. The fourth-order valence-electron chi connectivity index (χ4n) is 1.91. The molecule has 0 aromatic carbocycles. The highest BCUT2D eigenvalue weighted by molar-refractivity contribution is 5.85. The van der Waals surface area contributed by atoms with E-state index in [0.29, 0.717) is 0 Å². The van der Waals surface area contributed by atoms with Gasteiger partial charge in [-0.1, -0.05) is 0 Å². The van der Waals surface area contributed by atoms with Crippen molar-refractivity contribution in [1.82, 2.24) is 24.1 Å². The summed E-state index contributed by atoms with van der Waals surface area (Å²) in [5, 5.41) is 3.30. The topological polar surface area (TPSA) is 60.6 Å². The summed E-state index contributed by atoms with van der Waals surface area (Å²) in [5.74, 6) is 0.827. The Balaban J connectivity index is 1.74. The normalized spacial score (nSPS) is 10.9. The van der Waals surface area contributed by atoms with Gasteiger partial charge in [-0.2, -0.15) is 0 Å². The first kappa shape index (κ1) is 10.8. The van der Waals surface area contributed by atoms with Crippen LogP contribution in [0.3, 0.4) is 0 Å². The number of pyridine rings is 1. The van der Waals surface area contributed by atoms with Crippen molar-refractivity contribution in [3.05, 3.63) is 37.3 Å². The molecule has 0 saturated carbocycles. The fourth-order valence-corrected chi connectivity index (χ4v) is 1.91. The number of hydrogen-bond acceptors (Lipinski definition) is 4. The molecule has 0 aliphatic heterocycles. The van der Waals surface area contributed by atoms with Gasteiger partial charge in [-0.3, -0.25) is 0 Å². The molecule has 92 valence electrons. The highest BCUT2D eigenvalue weighted by Gasteiger charge is 2.05. The van der Waals surface area contributed by atoms with E-state index in [1.807, 2.05) is 28.4 Å². The lowest BCUT2D eigenvalue weighted by molar-refractivity contribution is 0.726. The van der Waals surface area contributed by atoms with E-state index in [-0.39, 0.29) is 0 Å². The van der Waals surface area contributed by atoms with Crippen molar-refractivity contribution in [2.45, 2.75) is 6.54 Å². The van der Waals surface area contributed by atoms with Crippen molar-refractivity contribution in [2.24, 2.45) is 7.05 Å². The first-order valence-corrected chi connectivity index (χ1v) is 5.80. The SMILES string of the molecule is Cn1cnc2c(NCCn3ccnc3)nccc21. The molecule has 0 unspecified atom stereocenters. The molecule has 0 spiro atoms. The molecule has 0 aliphatic carbocycles. The summed E-state index contributed by atoms with van der Waals surface area (Å²) < 4.78 is 4.00. The largest absolute Gasteiger partial charge is 0.366 e. The molecule has 1 N–H and O–H groups in total. The minimum atomic E-state index is 0.791. The summed E-state index contributed by atoms with van der Waals surface area (Å²) in [6, 6.07) is 1.96. The lowest BCUT2D eigenvalue weighted by Gasteiger charge is -2.06. The number of aromatic nitrogens is 5. The maximum atomic E-state index is 4.35. The molecule has 0 bridgehead atoms. The highest BCUT2D eigenvalue weighted by Crippen LogP contribution is 2.17. The van der Waals surface area contributed by atoms with E-state index in [4.69, 9.17) is 0 Å². The van der Waals surface area contributed by atoms with Crippen LogP contribution in [-0.4, -0.2) is 30.6 Å². The highest BCUT2D eigenvalue weighted by atomic mass is 15.1. The minimum Gasteiger partial charge on any atom is -0.366 e. The summed E-state index contributed by atoms with van der Waals surface area (Å²) in [7, 11) is 1.98. The molecule has 3 aromatic heterocycles. The van der Waals surface area contributed by atoms with E-state index in [2.05, 4.69) is 20.3 Å². The molecule has 0 radical (unpaired) electrons. The van der Waals surface area contributed by atoms with Crippen LogP contribution >= 0.6 is 0 Å². The zero-order valence-electron chi connectivity index (χ0n) is 10.1. The Morgan fingerprint density at radius 1 is 1.22 bits per heavy atom. The van der Waals surface area contributed by atoms with Crippen LogP contribution in [0.5, 0.6) is 0 Å². The number of imidazole rings is 2. The van der Waals surface area contributed by atoms with Crippen molar-refractivity contribution in [2.75, 3.05) is 11.9 Å². The quantitative estimate of drug-likeness (QED) is 0.748. The lowest BCUT2D eigenvalue weighted by atomic mass is 10.3. The van der Waals surface area contributed by atoms with Gasteiger partial charge in [0.15, 0.2) is 5.82 Å². The van der Waals surface area contributed by atoms with E-state index in [9.17, 15) is 0 Å². The van der Waals surface area contributed by atoms with Gasteiger partial charge < -0.3 is 14.5 Å². The van der Waals surface area contributed by atoms with Crippen molar-refractivity contribution in [3.63, 3.8) is 0 Å². The Morgan fingerprint density at radius 2 is 2.17 bits per heavy atom. The molecule has 6 nitrogen and oxygen atoms in total. The number of anilines is 1. The molecule has 0 saturated heterocycles. The number of rotatable bonds is 4. The number of hydrogen-bond donors (Lipinski definition) is 1. The Hall–Kier alpha value is -2.37. The molecule has 18 heavy (non-hydrogen) atoms. The molecular weight excluding hydrogens is 228 g/mol. The molecular formula is C12H14N6. The second-order valence-electron chi connectivity index (χ2n) is 4.11. The van der Waals surface area contributed by atoms with Gasteiger partial charge in [-0.25, -0.2) is 15.0 Å². The van der Waals surface area contributed by atoms with E-state index < -0.39 is 0 Å². The predicted molar refractivity (Wildman–Crippen MR) is 69.2 cm³/mol. The summed E-state index contributed by atoms with van der Waals surface area (Å²) in [6.07, 6.45) is 9.11. The third-order valence-electron chi connectivity index (χ3n) is 2.86.